The first-order chi connectivity index (χ1) is 7.22. The predicted molar refractivity (Wildman–Crippen MR) is 61.7 cm³/mol. The lowest BCUT2D eigenvalue weighted by Crippen LogP contribution is -2.29. The molecule has 1 aliphatic heterocycles. The maximum absolute atomic E-state index is 11.7. The molecule has 0 saturated carbocycles. The summed E-state index contributed by atoms with van der Waals surface area (Å²) in [6.07, 6.45) is 0. The molecule has 0 aliphatic carbocycles. The normalized spacial score (nSPS) is 16.5. The van der Waals surface area contributed by atoms with Gasteiger partial charge in [-0.2, -0.15) is 0 Å². The van der Waals surface area contributed by atoms with Crippen LogP contribution >= 0.6 is 23.1 Å². The van der Waals surface area contributed by atoms with Gasteiger partial charge in [-0.25, -0.2) is 4.79 Å². The zero-order valence-corrected chi connectivity index (χ0v) is 10.3. The van der Waals surface area contributed by atoms with Crippen molar-refractivity contribution in [3.63, 3.8) is 0 Å². The molecule has 7 heteroatoms. The first-order valence-electron chi connectivity index (χ1n) is 4.71. The van der Waals surface area contributed by atoms with Crippen molar-refractivity contribution in [3.8, 4) is 0 Å². The van der Waals surface area contributed by atoms with E-state index in [2.05, 4.69) is 17.1 Å². The van der Waals surface area contributed by atoms with Gasteiger partial charge in [0.05, 0.1) is 0 Å². The summed E-state index contributed by atoms with van der Waals surface area (Å²) in [6, 6.07) is 0.0131. The molecule has 0 bridgehead atoms. The molecule has 5 nitrogen and oxygen atoms in total. The number of aromatic nitrogens is 2. The molecule has 2 rings (SSSR count). The maximum Gasteiger partial charge on any atom is 0.326 e. The molecule has 0 aromatic carbocycles. The number of thioether (sulfide) groups is 1. The van der Waals surface area contributed by atoms with E-state index in [9.17, 15) is 4.79 Å². The van der Waals surface area contributed by atoms with E-state index in [4.69, 9.17) is 0 Å². The van der Waals surface area contributed by atoms with E-state index in [0.717, 1.165) is 16.6 Å². The number of hydrogen-bond donors (Lipinski definition) is 0. The number of carbonyl (C=O) groups is 1. The van der Waals surface area contributed by atoms with Crippen molar-refractivity contribution in [2.75, 3.05) is 30.8 Å². The van der Waals surface area contributed by atoms with E-state index in [1.807, 2.05) is 0 Å². The van der Waals surface area contributed by atoms with Gasteiger partial charge in [0.1, 0.15) is 0 Å². The summed E-state index contributed by atoms with van der Waals surface area (Å²) in [6.45, 7) is 3.54. The van der Waals surface area contributed by atoms with Crippen molar-refractivity contribution in [2.45, 2.75) is 11.3 Å². The summed E-state index contributed by atoms with van der Waals surface area (Å²) in [5, 5.41) is 8.77. The Kier molecular flexibility index (Phi) is 3.11. The minimum atomic E-state index is 0.0131. The van der Waals surface area contributed by atoms with Gasteiger partial charge < -0.3 is 4.90 Å². The molecule has 1 saturated heterocycles. The third-order valence-corrected chi connectivity index (χ3v) is 4.07. The zero-order chi connectivity index (χ0) is 10.8. The second kappa shape index (κ2) is 4.36. The largest absolute Gasteiger partial charge is 0.326 e. The Morgan fingerprint density at radius 3 is 2.87 bits per heavy atom. The van der Waals surface area contributed by atoms with E-state index in [-0.39, 0.29) is 6.03 Å². The van der Waals surface area contributed by atoms with Crippen LogP contribution in [-0.2, 0) is 0 Å². The number of nitrogens with zero attached hydrogens (tertiary/aromatic N) is 4. The van der Waals surface area contributed by atoms with Crippen LogP contribution in [-0.4, -0.2) is 47.0 Å². The van der Waals surface area contributed by atoms with Gasteiger partial charge in [-0.15, -0.1) is 10.2 Å². The molecule has 0 atom stereocenters. The van der Waals surface area contributed by atoms with Crippen LogP contribution in [0.5, 0.6) is 0 Å². The molecule has 1 fully saturated rings. The fourth-order valence-electron chi connectivity index (χ4n) is 1.32. The SMILES string of the molecule is CCSc1nnc(N2CCN(C)C2=O)s1. The summed E-state index contributed by atoms with van der Waals surface area (Å²) in [4.78, 5) is 15.0. The highest BCUT2D eigenvalue weighted by Gasteiger charge is 2.29. The van der Waals surface area contributed by atoms with Crippen LogP contribution in [0.4, 0.5) is 9.93 Å². The van der Waals surface area contributed by atoms with Gasteiger partial charge in [0, 0.05) is 20.1 Å². The van der Waals surface area contributed by atoms with Crippen LogP contribution in [0.2, 0.25) is 0 Å². The third kappa shape index (κ3) is 2.07. The number of anilines is 1. The van der Waals surface area contributed by atoms with Crippen LogP contribution in [0.1, 0.15) is 6.92 Å². The molecule has 2 heterocycles. The first kappa shape index (κ1) is 10.7. The summed E-state index contributed by atoms with van der Waals surface area (Å²) in [5.41, 5.74) is 0. The molecule has 1 aliphatic rings. The molecule has 1 aromatic heterocycles. The molecule has 0 unspecified atom stereocenters. The topological polar surface area (TPSA) is 49.3 Å². The van der Waals surface area contributed by atoms with Crippen molar-refractivity contribution in [1.82, 2.24) is 15.1 Å². The summed E-state index contributed by atoms with van der Waals surface area (Å²) >= 11 is 3.13. The second-order valence-corrected chi connectivity index (χ2v) is 5.61. The molecule has 2 amide bonds. The second-order valence-electron chi connectivity index (χ2n) is 3.14. The quantitative estimate of drug-likeness (QED) is 0.597. The number of hydrogen-bond acceptors (Lipinski definition) is 5. The molecule has 15 heavy (non-hydrogen) atoms. The first-order valence-corrected chi connectivity index (χ1v) is 6.51. The fourth-order valence-corrected chi connectivity index (χ4v) is 3.08. The van der Waals surface area contributed by atoms with Gasteiger partial charge in [0.25, 0.3) is 0 Å². The Bertz CT molecular complexity index is 367. The zero-order valence-electron chi connectivity index (χ0n) is 8.63. The van der Waals surface area contributed by atoms with Crippen molar-refractivity contribution >= 4 is 34.3 Å². The maximum atomic E-state index is 11.7. The number of rotatable bonds is 3. The molecule has 82 valence electrons. The van der Waals surface area contributed by atoms with E-state index >= 15 is 0 Å². The highest BCUT2D eigenvalue weighted by Crippen LogP contribution is 2.29. The molecular weight excluding hydrogens is 232 g/mol. The van der Waals surface area contributed by atoms with Crippen LogP contribution in [0.3, 0.4) is 0 Å². The monoisotopic (exact) mass is 244 g/mol. The predicted octanol–water partition coefficient (Wildman–Crippen LogP) is 1.52. The highest BCUT2D eigenvalue weighted by atomic mass is 32.2. The van der Waals surface area contributed by atoms with Crippen molar-refractivity contribution in [3.05, 3.63) is 0 Å². The minimum absolute atomic E-state index is 0.0131. The summed E-state index contributed by atoms with van der Waals surface area (Å²) in [5.74, 6) is 0.975. The Hall–Kier alpha value is -0.820. The van der Waals surface area contributed by atoms with E-state index < -0.39 is 0 Å². The van der Waals surface area contributed by atoms with Crippen LogP contribution < -0.4 is 4.90 Å². The Morgan fingerprint density at radius 1 is 1.47 bits per heavy atom. The standard InChI is InChI=1S/C8H12N4OS2/c1-3-14-7-10-9-6(15-7)12-5-4-11(2)8(12)13/h3-5H2,1-2H3. The lowest BCUT2D eigenvalue weighted by Gasteiger charge is -2.10. The number of amides is 2. The number of urea groups is 1. The van der Waals surface area contributed by atoms with E-state index in [1.54, 1.807) is 28.6 Å². The van der Waals surface area contributed by atoms with Crippen molar-refractivity contribution in [1.29, 1.82) is 0 Å². The number of carbonyl (C=O) groups excluding carboxylic acids is 1. The van der Waals surface area contributed by atoms with Gasteiger partial charge in [-0.3, -0.25) is 4.90 Å². The molecule has 0 spiro atoms. The van der Waals surface area contributed by atoms with E-state index in [0.29, 0.717) is 11.7 Å². The Balaban J connectivity index is 2.12. The molecular formula is C8H12N4OS2. The average Bonchev–Trinajstić information content (AvgIpc) is 2.77. The average molecular weight is 244 g/mol. The van der Waals surface area contributed by atoms with Gasteiger partial charge in [0.2, 0.25) is 5.13 Å². The molecule has 1 aromatic rings. The van der Waals surface area contributed by atoms with E-state index in [1.165, 1.54) is 11.3 Å². The van der Waals surface area contributed by atoms with Gasteiger partial charge >= 0.3 is 6.03 Å². The summed E-state index contributed by atoms with van der Waals surface area (Å²) in [7, 11) is 1.80. The van der Waals surface area contributed by atoms with Gasteiger partial charge in [-0.05, 0) is 5.75 Å². The molecule has 0 N–H and O–H groups in total. The minimum Gasteiger partial charge on any atom is -0.326 e. The summed E-state index contributed by atoms with van der Waals surface area (Å²) < 4.78 is 0.926. The van der Waals surface area contributed by atoms with Crippen molar-refractivity contribution < 1.29 is 4.79 Å². The lowest BCUT2D eigenvalue weighted by atomic mass is 10.6. The molecule has 0 radical (unpaired) electrons. The van der Waals surface area contributed by atoms with Crippen molar-refractivity contribution in [2.24, 2.45) is 0 Å². The fraction of sp³-hybridized carbons (Fsp3) is 0.625. The van der Waals surface area contributed by atoms with Crippen LogP contribution in [0, 0.1) is 0 Å². The number of likely N-dealkylation sites (N-methyl/N-ethyl adjacent to an activating group) is 1. The van der Waals surface area contributed by atoms with Gasteiger partial charge in [-0.1, -0.05) is 30.0 Å². The Labute approximate surface area is 96.5 Å². The Morgan fingerprint density at radius 2 is 2.27 bits per heavy atom. The van der Waals surface area contributed by atoms with Gasteiger partial charge in [0.15, 0.2) is 4.34 Å². The highest BCUT2D eigenvalue weighted by molar-refractivity contribution is 8.01. The van der Waals surface area contributed by atoms with Crippen LogP contribution in [0.25, 0.3) is 0 Å². The smallest absolute Gasteiger partial charge is 0.326 e. The lowest BCUT2D eigenvalue weighted by molar-refractivity contribution is 0.229. The third-order valence-electron chi connectivity index (χ3n) is 2.11. The van der Waals surface area contributed by atoms with Crippen LogP contribution in [0.15, 0.2) is 4.34 Å².